The Balaban J connectivity index is 2.00. The molecule has 0 aliphatic carbocycles. The van der Waals surface area contributed by atoms with Gasteiger partial charge in [0.15, 0.2) is 0 Å². The molecule has 0 aromatic carbocycles. The fourth-order valence-corrected chi connectivity index (χ4v) is 3.15. The number of hydrogen-bond acceptors (Lipinski definition) is 5. The molecule has 0 radical (unpaired) electrons. The van der Waals surface area contributed by atoms with Gasteiger partial charge < -0.3 is 16.0 Å². The summed E-state index contributed by atoms with van der Waals surface area (Å²) in [6, 6.07) is 0. The van der Waals surface area contributed by atoms with Crippen molar-refractivity contribution in [2.45, 2.75) is 26.7 Å². The summed E-state index contributed by atoms with van der Waals surface area (Å²) in [6.45, 7) is 4.81. The second kappa shape index (κ2) is 6.84. The van der Waals surface area contributed by atoms with Gasteiger partial charge in [-0.1, -0.05) is 6.92 Å². The van der Waals surface area contributed by atoms with Gasteiger partial charge >= 0.3 is 0 Å². The van der Waals surface area contributed by atoms with E-state index in [0.29, 0.717) is 12.3 Å². The van der Waals surface area contributed by atoms with Crippen molar-refractivity contribution in [2.24, 2.45) is 21.7 Å². The summed E-state index contributed by atoms with van der Waals surface area (Å²) < 4.78 is 0. The second-order valence-corrected chi connectivity index (χ2v) is 5.78. The molecule has 7 heteroatoms. The van der Waals surface area contributed by atoms with Crippen LogP contribution in [0.3, 0.4) is 0 Å². The number of rotatable bonds is 5. The summed E-state index contributed by atoms with van der Waals surface area (Å²) in [6.07, 6.45) is 8.74. The van der Waals surface area contributed by atoms with Gasteiger partial charge in [0.1, 0.15) is 5.92 Å². The Bertz CT molecular complexity index is 768. The molecule has 7 nitrogen and oxygen atoms in total. The number of carbonyl (C=O) groups excluding carboxylic acids is 1. The summed E-state index contributed by atoms with van der Waals surface area (Å²) >= 11 is 0. The predicted octanol–water partition coefficient (Wildman–Crippen LogP) is 0.975. The highest BCUT2D eigenvalue weighted by Gasteiger charge is 2.29. The molecule has 2 aliphatic heterocycles. The summed E-state index contributed by atoms with van der Waals surface area (Å²) in [5.41, 5.74) is 14.3. The zero-order chi connectivity index (χ0) is 17.1. The predicted molar refractivity (Wildman–Crippen MR) is 95.5 cm³/mol. The largest absolute Gasteiger partial charge is 0.359 e. The third kappa shape index (κ3) is 2.90. The molecule has 0 saturated heterocycles. The highest BCUT2D eigenvalue weighted by atomic mass is 16.2. The first-order chi connectivity index (χ1) is 11.7. The van der Waals surface area contributed by atoms with E-state index in [1.54, 1.807) is 18.6 Å². The zero-order valence-electron chi connectivity index (χ0n) is 13.9. The summed E-state index contributed by atoms with van der Waals surface area (Å²) in [5, 5.41) is 7.02. The maximum absolute atomic E-state index is 11.9. The lowest BCUT2D eigenvalue weighted by Crippen LogP contribution is -2.32. The second-order valence-electron chi connectivity index (χ2n) is 5.78. The SMILES string of the molecule is CCc1c(C=C2NC=CN=C2C2C=NNC2=O)[nH]c(C)c1CCN. The maximum atomic E-state index is 11.9. The Kier molecular flexibility index (Phi) is 4.61. The molecule has 1 atom stereocenters. The molecule has 3 heterocycles. The number of aromatic nitrogens is 1. The van der Waals surface area contributed by atoms with Crippen LogP contribution in [-0.4, -0.2) is 29.4 Å². The highest BCUT2D eigenvalue weighted by Crippen LogP contribution is 2.23. The van der Waals surface area contributed by atoms with Crippen molar-refractivity contribution >= 4 is 23.9 Å². The van der Waals surface area contributed by atoms with Gasteiger partial charge in [-0.3, -0.25) is 9.79 Å². The Hall–Kier alpha value is -2.67. The van der Waals surface area contributed by atoms with Crippen LogP contribution in [0.2, 0.25) is 0 Å². The molecule has 2 aliphatic rings. The number of hydrazone groups is 1. The van der Waals surface area contributed by atoms with Crippen LogP contribution >= 0.6 is 0 Å². The number of nitrogens with two attached hydrogens (primary N) is 1. The molecule has 0 spiro atoms. The number of carbonyl (C=O) groups is 1. The molecule has 0 saturated carbocycles. The van der Waals surface area contributed by atoms with Gasteiger partial charge in [0.2, 0.25) is 0 Å². The van der Waals surface area contributed by atoms with E-state index >= 15 is 0 Å². The van der Waals surface area contributed by atoms with Crippen molar-refractivity contribution < 1.29 is 4.79 Å². The van der Waals surface area contributed by atoms with Crippen LogP contribution in [-0.2, 0) is 17.6 Å². The van der Waals surface area contributed by atoms with Crippen LogP contribution in [0.5, 0.6) is 0 Å². The third-order valence-corrected chi connectivity index (χ3v) is 4.28. The molecular formula is C17H22N6O. The molecule has 3 rings (SSSR count). The molecule has 0 bridgehead atoms. The molecular weight excluding hydrogens is 304 g/mol. The summed E-state index contributed by atoms with van der Waals surface area (Å²) in [7, 11) is 0. The van der Waals surface area contributed by atoms with Gasteiger partial charge in [-0.25, -0.2) is 5.43 Å². The van der Waals surface area contributed by atoms with Crippen LogP contribution < -0.4 is 16.5 Å². The van der Waals surface area contributed by atoms with E-state index in [0.717, 1.165) is 29.9 Å². The lowest BCUT2D eigenvalue weighted by Gasteiger charge is -2.16. The van der Waals surface area contributed by atoms with Crippen molar-refractivity contribution in [1.82, 2.24) is 15.7 Å². The van der Waals surface area contributed by atoms with E-state index in [1.807, 2.05) is 6.08 Å². The van der Waals surface area contributed by atoms with Gasteiger partial charge in [0.05, 0.1) is 11.4 Å². The number of allylic oxidation sites excluding steroid dienone is 1. The van der Waals surface area contributed by atoms with E-state index < -0.39 is 5.92 Å². The lowest BCUT2D eigenvalue weighted by molar-refractivity contribution is -0.120. The number of H-pyrrole nitrogens is 1. The number of aryl methyl sites for hydroxylation is 1. The van der Waals surface area contributed by atoms with Crippen LogP contribution in [0.15, 0.2) is 28.2 Å². The number of amides is 1. The van der Waals surface area contributed by atoms with E-state index in [-0.39, 0.29) is 5.91 Å². The van der Waals surface area contributed by atoms with Crippen LogP contribution in [0.4, 0.5) is 0 Å². The van der Waals surface area contributed by atoms with Gasteiger partial charge in [-0.2, -0.15) is 5.10 Å². The van der Waals surface area contributed by atoms with Gasteiger partial charge in [0, 0.05) is 30.0 Å². The third-order valence-electron chi connectivity index (χ3n) is 4.28. The minimum absolute atomic E-state index is 0.168. The molecule has 1 aromatic rings. The Labute approximate surface area is 140 Å². The minimum atomic E-state index is -0.474. The number of nitrogens with zero attached hydrogens (tertiary/aromatic N) is 2. The fourth-order valence-electron chi connectivity index (χ4n) is 3.15. The average molecular weight is 326 g/mol. The van der Waals surface area contributed by atoms with E-state index in [4.69, 9.17) is 5.73 Å². The first-order valence-corrected chi connectivity index (χ1v) is 8.10. The normalized spacial score (nSPS) is 21.1. The first kappa shape index (κ1) is 16.2. The van der Waals surface area contributed by atoms with E-state index in [2.05, 4.69) is 39.7 Å². The van der Waals surface area contributed by atoms with E-state index in [9.17, 15) is 4.79 Å². The quantitative estimate of drug-likeness (QED) is 0.647. The monoisotopic (exact) mass is 326 g/mol. The van der Waals surface area contributed by atoms with Gasteiger partial charge in [0.25, 0.3) is 5.91 Å². The molecule has 1 aromatic heterocycles. The van der Waals surface area contributed by atoms with Crippen molar-refractivity contribution in [3.05, 3.63) is 40.6 Å². The minimum Gasteiger partial charge on any atom is -0.359 e. The zero-order valence-corrected chi connectivity index (χ0v) is 13.9. The summed E-state index contributed by atoms with van der Waals surface area (Å²) in [5.74, 6) is -0.641. The Morgan fingerprint density at radius 2 is 2.21 bits per heavy atom. The fraction of sp³-hybridized carbons (Fsp3) is 0.353. The van der Waals surface area contributed by atoms with Crippen molar-refractivity contribution in [3.63, 3.8) is 0 Å². The van der Waals surface area contributed by atoms with Crippen LogP contribution in [0, 0.1) is 12.8 Å². The van der Waals surface area contributed by atoms with Crippen LogP contribution in [0.1, 0.15) is 29.4 Å². The Morgan fingerprint density at radius 3 is 2.88 bits per heavy atom. The van der Waals surface area contributed by atoms with Gasteiger partial charge in [-0.05, 0) is 43.5 Å². The molecule has 1 unspecified atom stereocenters. The standard InChI is InChI=1S/C17H22N6O/c1-3-11-12(4-5-18)10(2)22-14(11)8-15-16(20-7-6-19-15)13-9-21-23-17(13)24/h6-9,13,19,22H,3-5,18H2,1-2H3,(H,23,24). The average Bonchev–Trinajstić information content (AvgIpc) is 3.12. The number of hydrogen-bond donors (Lipinski definition) is 4. The highest BCUT2D eigenvalue weighted by molar-refractivity contribution is 6.24. The molecule has 126 valence electrons. The first-order valence-electron chi connectivity index (χ1n) is 8.10. The van der Waals surface area contributed by atoms with Crippen LogP contribution in [0.25, 0.3) is 6.08 Å². The number of aliphatic imine (C=N–C) groups is 1. The van der Waals surface area contributed by atoms with Crippen molar-refractivity contribution in [1.29, 1.82) is 0 Å². The Morgan fingerprint density at radius 1 is 1.38 bits per heavy atom. The lowest BCUT2D eigenvalue weighted by atomic mass is 9.98. The maximum Gasteiger partial charge on any atom is 0.254 e. The topological polar surface area (TPSA) is 108 Å². The van der Waals surface area contributed by atoms with Crippen molar-refractivity contribution in [2.75, 3.05) is 6.54 Å². The summed E-state index contributed by atoms with van der Waals surface area (Å²) in [4.78, 5) is 19.7. The number of nitrogens with one attached hydrogen (secondary N) is 3. The number of aromatic amines is 1. The molecule has 1 amide bonds. The van der Waals surface area contributed by atoms with Gasteiger partial charge in [-0.15, -0.1) is 0 Å². The molecule has 5 N–H and O–H groups in total. The van der Waals surface area contributed by atoms with Crippen molar-refractivity contribution in [3.8, 4) is 0 Å². The smallest absolute Gasteiger partial charge is 0.254 e. The van der Waals surface area contributed by atoms with E-state index in [1.165, 1.54) is 11.1 Å². The molecule has 24 heavy (non-hydrogen) atoms. The molecule has 0 fully saturated rings.